The normalized spacial score (nSPS) is 24.8. The molecule has 1 aromatic heterocycles. The number of carbonyl (C=O) groups is 1. The molecule has 3 aliphatic rings. The van der Waals surface area contributed by atoms with Crippen LogP contribution in [0.3, 0.4) is 0 Å². The molecule has 0 radical (unpaired) electrons. The van der Waals surface area contributed by atoms with E-state index in [1.54, 1.807) is 6.20 Å². The van der Waals surface area contributed by atoms with Gasteiger partial charge >= 0.3 is 6.09 Å². The van der Waals surface area contributed by atoms with Crippen LogP contribution in [-0.4, -0.2) is 70.2 Å². The van der Waals surface area contributed by atoms with Crippen molar-refractivity contribution >= 4 is 29.5 Å². The maximum atomic E-state index is 12.5. The molecule has 1 amide bonds. The summed E-state index contributed by atoms with van der Waals surface area (Å²) in [6.45, 7) is 10.3. The highest BCUT2D eigenvalue weighted by Crippen LogP contribution is 2.45. The molecular formula is C31H42ClN7O2. The predicted octanol–water partition coefficient (Wildman–Crippen LogP) is 5.77. The van der Waals surface area contributed by atoms with Gasteiger partial charge in [0.1, 0.15) is 23.1 Å². The standard InChI is InChI=1S/C31H42ClN7O2/c1-31(2,3)41-30(40)39-13-11-38(12-14-39)27-22-8-6-9-23(27)16-21(15-22)18-34-28-25(17-33)20-36-29(37-28)35-19-24-7-4-5-10-26(24)32/h4-5,7,10,20-23,27H,6,8-9,11-16,18-19H2,1-3H3,(H2,34,35,36,37)/t21?,22-,23+,27?. The number of carbonyl (C=O) groups excluding carboxylic acids is 1. The Balaban J connectivity index is 1.16. The number of rotatable bonds is 7. The fourth-order valence-corrected chi connectivity index (χ4v) is 7.07. The number of nitriles is 1. The smallest absolute Gasteiger partial charge is 0.410 e. The van der Waals surface area contributed by atoms with Crippen LogP contribution in [0.2, 0.25) is 5.02 Å². The van der Waals surface area contributed by atoms with Crippen LogP contribution in [0.1, 0.15) is 64.0 Å². The minimum absolute atomic E-state index is 0.198. The number of hydrogen-bond donors (Lipinski definition) is 2. The Morgan fingerprint density at radius 2 is 1.83 bits per heavy atom. The van der Waals surface area contributed by atoms with E-state index in [0.29, 0.717) is 52.7 Å². The molecule has 2 saturated carbocycles. The number of benzene rings is 1. The number of nitrogens with one attached hydrogen (secondary N) is 2. The van der Waals surface area contributed by atoms with Crippen LogP contribution >= 0.6 is 11.6 Å². The van der Waals surface area contributed by atoms with Crippen molar-refractivity contribution in [3.63, 3.8) is 0 Å². The van der Waals surface area contributed by atoms with E-state index in [-0.39, 0.29) is 6.09 Å². The molecule has 2 aliphatic carbocycles. The Hall–Kier alpha value is -3.09. The fourth-order valence-electron chi connectivity index (χ4n) is 6.87. The van der Waals surface area contributed by atoms with E-state index in [0.717, 1.165) is 38.3 Å². The number of piperazine rings is 1. The number of amides is 1. The van der Waals surface area contributed by atoms with Crippen molar-refractivity contribution in [3.05, 3.63) is 46.6 Å². The molecule has 2 unspecified atom stereocenters. The van der Waals surface area contributed by atoms with Crippen LogP contribution in [0.15, 0.2) is 30.5 Å². The highest BCUT2D eigenvalue weighted by atomic mass is 35.5. The molecule has 2 heterocycles. The van der Waals surface area contributed by atoms with E-state index in [4.69, 9.17) is 16.3 Å². The monoisotopic (exact) mass is 579 g/mol. The molecule has 9 nitrogen and oxygen atoms in total. The number of nitrogens with zero attached hydrogens (tertiary/aromatic N) is 5. The number of anilines is 2. The Kier molecular flexibility index (Phi) is 9.20. The Labute approximate surface area is 248 Å². The lowest BCUT2D eigenvalue weighted by atomic mass is 9.64. The molecule has 5 rings (SSSR count). The number of aromatic nitrogens is 2. The fraction of sp³-hybridized carbons (Fsp3) is 0.613. The second-order valence-electron chi connectivity index (χ2n) is 12.7. The zero-order valence-corrected chi connectivity index (χ0v) is 25.2. The molecule has 1 saturated heterocycles. The summed E-state index contributed by atoms with van der Waals surface area (Å²) in [5.41, 5.74) is 0.947. The van der Waals surface area contributed by atoms with Crippen molar-refractivity contribution in [2.75, 3.05) is 43.4 Å². The van der Waals surface area contributed by atoms with Gasteiger partial charge in [-0.25, -0.2) is 9.78 Å². The average Bonchev–Trinajstić information content (AvgIpc) is 2.94. The summed E-state index contributed by atoms with van der Waals surface area (Å²) < 4.78 is 5.60. The van der Waals surface area contributed by atoms with Crippen LogP contribution in [-0.2, 0) is 11.3 Å². The quantitative estimate of drug-likeness (QED) is 0.425. The number of fused-ring (bicyclic) bond motifs is 2. The second-order valence-corrected chi connectivity index (χ2v) is 13.1. The van der Waals surface area contributed by atoms with Gasteiger partial charge in [0.25, 0.3) is 0 Å². The summed E-state index contributed by atoms with van der Waals surface area (Å²) in [4.78, 5) is 26.0. The van der Waals surface area contributed by atoms with E-state index < -0.39 is 5.60 Å². The van der Waals surface area contributed by atoms with E-state index >= 15 is 0 Å². The maximum absolute atomic E-state index is 12.5. The molecule has 2 aromatic rings. The van der Waals surface area contributed by atoms with E-state index in [9.17, 15) is 10.1 Å². The second kappa shape index (κ2) is 12.8. The minimum atomic E-state index is -0.466. The van der Waals surface area contributed by atoms with Crippen molar-refractivity contribution < 1.29 is 9.53 Å². The largest absolute Gasteiger partial charge is 0.444 e. The zero-order chi connectivity index (χ0) is 29.0. The van der Waals surface area contributed by atoms with Crippen LogP contribution < -0.4 is 10.6 Å². The van der Waals surface area contributed by atoms with E-state index in [1.165, 1.54) is 32.1 Å². The lowest BCUT2D eigenvalue weighted by Crippen LogP contribution is -2.58. The Morgan fingerprint density at radius 3 is 2.49 bits per heavy atom. The number of ether oxygens (including phenoxy) is 1. The Bertz CT molecular complexity index is 1240. The minimum Gasteiger partial charge on any atom is -0.444 e. The number of halogens is 1. The van der Waals surface area contributed by atoms with Gasteiger partial charge in [0.15, 0.2) is 0 Å². The topological polar surface area (TPSA) is 106 Å². The molecule has 41 heavy (non-hydrogen) atoms. The molecule has 1 aromatic carbocycles. The van der Waals surface area contributed by atoms with Gasteiger partial charge < -0.3 is 20.3 Å². The average molecular weight is 580 g/mol. The summed E-state index contributed by atoms with van der Waals surface area (Å²) in [5.74, 6) is 2.91. The molecule has 220 valence electrons. The van der Waals surface area contributed by atoms with Gasteiger partial charge in [-0.05, 0) is 75.8 Å². The highest BCUT2D eigenvalue weighted by Gasteiger charge is 2.44. The first-order valence-corrected chi connectivity index (χ1v) is 15.3. The van der Waals surface area contributed by atoms with Gasteiger partial charge in [0, 0.05) is 50.3 Å². The molecule has 3 fully saturated rings. The lowest BCUT2D eigenvalue weighted by molar-refractivity contribution is -0.0291. The van der Waals surface area contributed by atoms with E-state index in [1.807, 2.05) is 49.9 Å². The van der Waals surface area contributed by atoms with Crippen LogP contribution in [0.4, 0.5) is 16.6 Å². The molecule has 2 bridgehead atoms. The third-order valence-corrected chi connectivity index (χ3v) is 9.01. The van der Waals surface area contributed by atoms with Crippen LogP contribution in [0, 0.1) is 29.1 Å². The van der Waals surface area contributed by atoms with Crippen molar-refractivity contribution in [2.45, 2.75) is 71.1 Å². The number of hydrogen-bond acceptors (Lipinski definition) is 8. The van der Waals surface area contributed by atoms with Gasteiger partial charge in [0.05, 0.1) is 6.20 Å². The van der Waals surface area contributed by atoms with Crippen molar-refractivity contribution in [2.24, 2.45) is 17.8 Å². The van der Waals surface area contributed by atoms with E-state index in [2.05, 4.69) is 31.6 Å². The summed E-state index contributed by atoms with van der Waals surface area (Å²) in [7, 11) is 0. The van der Waals surface area contributed by atoms with Crippen molar-refractivity contribution in [1.29, 1.82) is 5.26 Å². The summed E-state index contributed by atoms with van der Waals surface area (Å²) in [6.07, 6.45) is 7.54. The third kappa shape index (κ3) is 7.41. The van der Waals surface area contributed by atoms with Crippen molar-refractivity contribution in [1.82, 2.24) is 19.8 Å². The Morgan fingerprint density at radius 1 is 1.12 bits per heavy atom. The molecule has 2 N–H and O–H groups in total. The first kappa shape index (κ1) is 29.4. The summed E-state index contributed by atoms with van der Waals surface area (Å²) in [6, 6.07) is 10.5. The summed E-state index contributed by atoms with van der Waals surface area (Å²) >= 11 is 6.29. The third-order valence-electron chi connectivity index (χ3n) is 8.64. The maximum Gasteiger partial charge on any atom is 0.410 e. The molecule has 0 spiro atoms. The van der Waals surface area contributed by atoms with Gasteiger partial charge in [-0.1, -0.05) is 36.2 Å². The zero-order valence-electron chi connectivity index (χ0n) is 24.4. The predicted molar refractivity (Wildman–Crippen MR) is 161 cm³/mol. The van der Waals surface area contributed by atoms with Crippen LogP contribution in [0.25, 0.3) is 0 Å². The first-order valence-electron chi connectivity index (χ1n) is 14.9. The molecule has 1 aliphatic heterocycles. The lowest BCUT2D eigenvalue weighted by Gasteiger charge is -2.52. The molecule has 10 heteroatoms. The SMILES string of the molecule is CC(C)(C)OC(=O)N1CCN(C2[C@@H]3CCC[C@H]2CC(CNc2nc(NCc4ccccc4Cl)ncc2C#N)C3)CC1. The molecular weight excluding hydrogens is 538 g/mol. The van der Waals surface area contributed by atoms with Crippen molar-refractivity contribution in [3.8, 4) is 6.07 Å². The molecule has 4 atom stereocenters. The highest BCUT2D eigenvalue weighted by molar-refractivity contribution is 6.31. The van der Waals surface area contributed by atoms with Gasteiger partial charge in [-0.2, -0.15) is 10.2 Å². The van der Waals surface area contributed by atoms with Gasteiger partial charge in [0.2, 0.25) is 5.95 Å². The van der Waals surface area contributed by atoms with Crippen LogP contribution in [0.5, 0.6) is 0 Å². The van der Waals surface area contributed by atoms with Gasteiger partial charge in [-0.15, -0.1) is 0 Å². The summed E-state index contributed by atoms with van der Waals surface area (Å²) in [5, 5.41) is 17.1. The first-order chi connectivity index (χ1) is 19.7. The van der Waals surface area contributed by atoms with Gasteiger partial charge in [-0.3, -0.25) is 4.90 Å².